The van der Waals surface area contributed by atoms with Crippen LogP contribution >= 0.6 is 0 Å². The highest BCUT2D eigenvalue weighted by Crippen LogP contribution is 2.21. The molecule has 0 bridgehead atoms. The molecule has 0 saturated heterocycles. The summed E-state index contributed by atoms with van der Waals surface area (Å²) in [5, 5.41) is 2.71. The Morgan fingerprint density at radius 1 is 1.48 bits per heavy atom. The number of hydrogen-bond donors (Lipinski definition) is 1. The van der Waals surface area contributed by atoms with Crippen molar-refractivity contribution in [2.24, 2.45) is 7.05 Å². The molecular formula is C12H20N4O4S. The summed E-state index contributed by atoms with van der Waals surface area (Å²) in [6.07, 6.45) is 1.73. The van der Waals surface area contributed by atoms with E-state index in [9.17, 15) is 13.2 Å². The van der Waals surface area contributed by atoms with E-state index in [-0.39, 0.29) is 12.5 Å². The SMILES string of the molecule is COCCNC(=O)c1nc2c(n1C)CCN(S(C)(=O)=O)C2. The molecule has 0 aromatic carbocycles. The van der Waals surface area contributed by atoms with E-state index >= 15 is 0 Å². The fourth-order valence-corrected chi connectivity index (χ4v) is 3.12. The Bertz CT molecular complexity index is 638. The van der Waals surface area contributed by atoms with Crippen LogP contribution in [0.2, 0.25) is 0 Å². The first-order valence-corrected chi connectivity index (χ1v) is 8.46. The summed E-state index contributed by atoms with van der Waals surface area (Å²) in [5.74, 6) is 0.0151. The van der Waals surface area contributed by atoms with Gasteiger partial charge in [0.1, 0.15) is 0 Å². The van der Waals surface area contributed by atoms with E-state index in [2.05, 4.69) is 10.3 Å². The molecular weight excluding hydrogens is 296 g/mol. The van der Waals surface area contributed by atoms with Crippen molar-refractivity contribution < 1.29 is 17.9 Å². The van der Waals surface area contributed by atoms with E-state index in [1.807, 2.05) is 0 Å². The number of hydrogen-bond acceptors (Lipinski definition) is 5. The number of fused-ring (bicyclic) bond motifs is 1. The third-order valence-electron chi connectivity index (χ3n) is 3.48. The molecule has 1 aliphatic heterocycles. The van der Waals surface area contributed by atoms with E-state index < -0.39 is 10.0 Å². The Labute approximate surface area is 124 Å². The number of carbonyl (C=O) groups excluding carboxylic acids is 1. The van der Waals surface area contributed by atoms with Crippen LogP contribution in [0.3, 0.4) is 0 Å². The van der Waals surface area contributed by atoms with Crippen LogP contribution < -0.4 is 5.32 Å². The van der Waals surface area contributed by atoms with E-state index in [1.165, 1.54) is 10.6 Å². The quantitative estimate of drug-likeness (QED) is 0.712. The van der Waals surface area contributed by atoms with Gasteiger partial charge in [-0.15, -0.1) is 0 Å². The first-order chi connectivity index (χ1) is 9.84. The van der Waals surface area contributed by atoms with Crippen molar-refractivity contribution >= 4 is 15.9 Å². The average Bonchev–Trinajstić information content (AvgIpc) is 2.75. The number of aromatic nitrogens is 2. The highest BCUT2D eigenvalue weighted by molar-refractivity contribution is 7.88. The molecule has 0 spiro atoms. The summed E-state index contributed by atoms with van der Waals surface area (Å²) in [5.41, 5.74) is 1.55. The van der Waals surface area contributed by atoms with Gasteiger partial charge in [-0.1, -0.05) is 0 Å². The molecule has 0 saturated carbocycles. The Hall–Kier alpha value is -1.45. The molecule has 9 heteroatoms. The Morgan fingerprint density at radius 2 is 2.19 bits per heavy atom. The number of methoxy groups -OCH3 is 1. The van der Waals surface area contributed by atoms with Gasteiger partial charge in [0, 0.05) is 39.4 Å². The number of carbonyl (C=O) groups is 1. The zero-order valence-electron chi connectivity index (χ0n) is 12.4. The van der Waals surface area contributed by atoms with Crippen molar-refractivity contribution in [3.05, 3.63) is 17.2 Å². The topological polar surface area (TPSA) is 93.5 Å². The standard InChI is InChI=1S/C12H20N4O4S/c1-15-10-4-6-16(21(3,18)19)8-9(10)14-11(15)12(17)13-5-7-20-2/h4-8H2,1-3H3,(H,13,17). The lowest BCUT2D eigenvalue weighted by molar-refractivity contribution is 0.0923. The minimum atomic E-state index is -3.24. The normalized spacial score (nSPS) is 15.8. The molecule has 1 aromatic heterocycles. The van der Waals surface area contributed by atoms with Crippen LogP contribution in [0, 0.1) is 0 Å². The maximum atomic E-state index is 12.1. The summed E-state index contributed by atoms with van der Waals surface area (Å²) < 4.78 is 31.2. The fraction of sp³-hybridized carbons (Fsp3) is 0.667. The molecule has 2 heterocycles. The fourth-order valence-electron chi connectivity index (χ4n) is 2.34. The molecule has 1 aromatic rings. The van der Waals surface area contributed by atoms with Gasteiger partial charge in [0.15, 0.2) is 5.82 Å². The van der Waals surface area contributed by atoms with Crippen LogP contribution in [0.15, 0.2) is 0 Å². The van der Waals surface area contributed by atoms with Crippen molar-refractivity contribution in [1.29, 1.82) is 0 Å². The summed E-state index contributed by atoms with van der Waals surface area (Å²) in [7, 11) is 0.0889. The van der Waals surface area contributed by atoms with Crippen LogP contribution in [0.25, 0.3) is 0 Å². The first-order valence-electron chi connectivity index (χ1n) is 6.61. The van der Waals surface area contributed by atoms with Crippen molar-refractivity contribution in [2.45, 2.75) is 13.0 Å². The van der Waals surface area contributed by atoms with E-state index in [0.717, 1.165) is 5.69 Å². The number of amides is 1. The van der Waals surface area contributed by atoms with Gasteiger partial charge in [-0.2, -0.15) is 4.31 Å². The third kappa shape index (κ3) is 3.42. The molecule has 0 aliphatic carbocycles. The molecule has 0 fully saturated rings. The summed E-state index contributed by atoms with van der Waals surface area (Å²) >= 11 is 0. The number of sulfonamides is 1. The zero-order valence-corrected chi connectivity index (χ0v) is 13.2. The van der Waals surface area contributed by atoms with Crippen LogP contribution in [-0.4, -0.2) is 61.2 Å². The third-order valence-corrected chi connectivity index (χ3v) is 4.73. The van der Waals surface area contributed by atoms with Gasteiger partial charge in [-0.05, 0) is 0 Å². The van der Waals surface area contributed by atoms with Gasteiger partial charge in [0.25, 0.3) is 5.91 Å². The van der Waals surface area contributed by atoms with Gasteiger partial charge >= 0.3 is 0 Å². The van der Waals surface area contributed by atoms with Crippen molar-refractivity contribution in [3.8, 4) is 0 Å². The van der Waals surface area contributed by atoms with E-state index in [1.54, 1.807) is 18.7 Å². The van der Waals surface area contributed by atoms with Crippen molar-refractivity contribution in [1.82, 2.24) is 19.2 Å². The Morgan fingerprint density at radius 3 is 2.81 bits per heavy atom. The molecule has 1 aliphatic rings. The number of rotatable bonds is 5. The predicted molar refractivity (Wildman–Crippen MR) is 76.4 cm³/mol. The van der Waals surface area contributed by atoms with Gasteiger partial charge in [0.2, 0.25) is 10.0 Å². The Balaban J connectivity index is 2.18. The number of nitrogens with zero attached hydrogens (tertiary/aromatic N) is 3. The largest absolute Gasteiger partial charge is 0.383 e. The predicted octanol–water partition coefficient (Wildman–Crippen LogP) is -0.886. The monoisotopic (exact) mass is 316 g/mol. The minimum Gasteiger partial charge on any atom is -0.383 e. The van der Waals surface area contributed by atoms with Gasteiger partial charge < -0.3 is 14.6 Å². The van der Waals surface area contributed by atoms with E-state index in [4.69, 9.17) is 4.74 Å². The molecule has 1 amide bonds. The second-order valence-corrected chi connectivity index (χ2v) is 6.97. The average molecular weight is 316 g/mol. The zero-order chi connectivity index (χ0) is 15.6. The molecule has 0 radical (unpaired) electrons. The molecule has 1 N–H and O–H groups in total. The highest BCUT2D eigenvalue weighted by atomic mass is 32.2. The van der Waals surface area contributed by atoms with Crippen LogP contribution in [-0.2, 0) is 34.8 Å². The number of nitrogens with one attached hydrogen (secondary N) is 1. The highest BCUT2D eigenvalue weighted by Gasteiger charge is 2.28. The second kappa shape index (κ2) is 6.12. The molecule has 8 nitrogen and oxygen atoms in total. The molecule has 0 unspecified atom stereocenters. The van der Waals surface area contributed by atoms with Gasteiger partial charge in [-0.25, -0.2) is 13.4 Å². The minimum absolute atomic E-state index is 0.216. The summed E-state index contributed by atoms with van der Waals surface area (Å²) in [6.45, 7) is 1.46. The lowest BCUT2D eigenvalue weighted by atomic mass is 10.2. The van der Waals surface area contributed by atoms with Crippen molar-refractivity contribution in [2.75, 3.05) is 33.1 Å². The summed E-state index contributed by atoms with van der Waals surface area (Å²) in [4.78, 5) is 16.4. The molecule has 0 atom stereocenters. The molecule has 2 rings (SSSR count). The van der Waals surface area contributed by atoms with Gasteiger partial charge in [-0.3, -0.25) is 4.79 Å². The molecule has 118 valence electrons. The lowest BCUT2D eigenvalue weighted by Crippen LogP contribution is -2.35. The maximum absolute atomic E-state index is 12.1. The first kappa shape index (κ1) is 15.9. The molecule has 21 heavy (non-hydrogen) atoms. The smallest absolute Gasteiger partial charge is 0.287 e. The maximum Gasteiger partial charge on any atom is 0.287 e. The summed E-state index contributed by atoms with van der Waals surface area (Å²) in [6, 6.07) is 0. The van der Waals surface area contributed by atoms with Crippen LogP contribution in [0.5, 0.6) is 0 Å². The van der Waals surface area contributed by atoms with Gasteiger partial charge in [0.05, 0.1) is 25.1 Å². The Kier molecular flexibility index (Phi) is 4.64. The second-order valence-electron chi connectivity index (χ2n) is 4.98. The van der Waals surface area contributed by atoms with Crippen LogP contribution in [0.4, 0.5) is 0 Å². The van der Waals surface area contributed by atoms with Crippen molar-refractivity contribution in [3.63, 3.8) is 0 Å². The van der Waals surface area contributed by atoms with Crippen LogP contribution in [0.1, 0.15) is 22.0 Å². The number of imidazole rings is 1. The number of ether oxygens (including phenoxy) is 1. The van der Waals surface area contributed by atoms with E-state index in [0.29, 0.717) is 37.6 Å². The lowest BCUT2D eigenvalue weighted by Gasteiger charge is -2.24.